The average molecular weight is 197 g/mol. The molecular weight excluding hydrogens is 186 g/mol. The molecule has 3 nitrogen and oxygen atoms in total. The number of nitrogens with zero attached hydrogens (tertiary/aromatic N) is 1. The van der Waals surface area contributed by atoms with Crippen molar-refractivity contribution in [3.05, 3.63) is 17.8 Å². The Balaban J connectivity index is 2.28. The smallest absolute Gasteiger partial charge is 0.201 e. The summed E-state index contributed by atoms with van der Waals surface area (Å²) in [5, 5.41) is 0. The van der Waals surface area contributed by atoms with E-state index in [2.05, 4.69) is 11.9 Å². The first-order valence-corrected chi connectivity index (χ1v) is 5.39. The number of oxazole rings is 1. The van der Waals surface area contributed by atoms with Crippen molar-refractivity contribution in [2.24, 2.45) is 0 Å². The summed E-state index contributed by atoms with van der Waals surface area (Å²) in [6, 6.07) is 0. The number of hydrogen-bond donors (Lipinski definition) is 0. The lowest BCUT2D eigenvalue weighted by molar-refractivity contribution is 0.111. The maximum absolute atomic E-state index is 10.4. The van der Waals surface area contributed by atoms with E-state index in [1.807, 2.05) is 11.8 Å². The Hall–Kier alpha value is -0.770. The summed E-state index contributed by atoms with van der Waals surface area (Å²) in [6.07, 6.45) is 3.23. The van der Waals surface area contributed by atoms with E-state index in [1.165, 1.54) is 6.26 Å². The molecule has 2 heterocycles. The number of carbonyl (C=O) groups excluding carboxylic acids is 1. The van der Waals surface area contributed by atoms with E-state index in [4.69, 9.17) is 4.42 Å². The minimum atomic E-state index is 0.0337. The first-order valence-electron chi connectivity index (χ1n) is 4.23. The van der Waals surface area contributed by atoms with E-state index in [-0.39, 0.29) is 5.41 Å². The van der Waals surface area contributed by atoms with Gasteiger partial charge in [0.05, 0.1) is 5.41 Å². The molecule has 1 saturated heterocycles. The summed E-state index contributed by atoms with van der Waals surface area (Å²) in [7, 11) is 0. The molecule has 0 saturated carbocycles. The SMILES string of the molecule is CC1(c2nc(C=O)co2)CCSC1. The van der Waals surface area contributed by atoms with Crippen LogP contribution in [0, 0.1) is 0 Å². The van der Waals surface area contributed by atoms with Gasteiger partial charge in [-0.3, -0.25) is 4.79 Å². The molecule has 0 radical (unpaired) electrons. The molecule has 0 aromatic carbocycles. The largest absolute Gasteiger partial charge is 0.448 e. The maximum Gasteiger partial charge on any atom is 0.201 e. The number of rotatable bonds is 2. The van der Waals surface area contributed by atoms with Gasteiger partial charge in [-0.15, -0.1) is 0 Å². The highest BCUT2D eigenvalue weighted by Gasteiger charge is 2.35. The number of carbonyl (C=O) groups is 1. The second kappa shape index (κ2) is 3.18. The lowest BCUT2D eigenvalue weighted by Crippen LogP contribution is -2.21. The summed E-state index contributed by atoms with van der Waals surface area (Å²) in [4.78, 5) is 14.5. The minimum Gasteiger partial charge on any atom is -0.448 e. The van der Waals surface area contributed by atoms with Gasteiger partial charge in [-0.1, -0.05) is 6.92 Å². The number of aromatic nitrogens is 1. The van der Waals surface area contributed by atoms with E-state index in [9.17, 15) is 4.79 Å². The number of hydrogen-bond acceptors (Lipinski definition) is 4. The average Bonchev–Trinajstić information content (AvgIpc) is 2.72. The summed E-state index contributed by atoms with van der Waals surface area (Å²) in [5.41, 5.74) is 0.430. The van der Waals surface area contributed by atoms with Crippen LogP contribution < -0.4 is 0 Å². The summed E-state index contributed by atoms with van der Waals surface area (Å²) in [5.74, 6) is 2.89. The molecule has 1 aromatic heterocycles. The molecule has 1 aliphatic heterocycles. The molecule has 1 unspecified atom stereocenters. The third-order valence-corrected chi connectivity index (χ3v) is 3.71. The van der Waals surface area contributed by atoms with E-state index in [0.717, 1.165) is 24.2 Å². The Labute approximate surface area is 80.9 Å². The van der Waals surface area contributed by atoms with Crippen molar-refractivity contribution < 1.29 is 9.21 Å². The second-order valence-corrected chi connectivity index (χ2v) is 4.66. The topological polar surface area (TPSA) is 43.1 Å². The molecule has 0 aliphatic carbocycles. The normalized spacial score (nSPS) is 27.8. The summed E-state index contributed by atoms with van der Waals surface area (Å²) >= 11 is 1.90. The molecule has 0 bridgehead atoms. The fraction of sp³-hybridized carbons (Fsp3) is 0.556. The Bertz CT molecular complexity index is 315. The zero-order valence-electron chi connectivity index (χ0n) is 7.45. The Kier molecular flexibility index (Phi) is 2.15. The highest BCUT2D eigenvalue weighted by molar-refractivity contribution is 7.99. The molecule has 1 fully saturated rings. The monoisotopic (exact) mass is 197 g/mol. The Morgan fingerprint density at radius 2 is 2.62 bits per heavy atom. The molecule has 1 aliphatic rings. The Morgan fingerprint density at radius 3 is 3.15 bits per heavy atom. The van der Waals surface area contributed by atoms with Crippen molar-refractivity contribution in [1.82, 2.24) is 4.98 Å². The van der Waals surface area contributed by atoms with Gasteiger partial charge < -0.3 is 4.42 Å². The van der Waals surface area contributed by atoms with Crippen LogP contribution in [-0.4, -0.2) is 22.8 Å². The number of thioether (sulfide) groups is 1. The summed E-state index contributed by atoms with van der Waals surface area (Å²) < 4.78 is 5.29. The van der Waals surface area contributed by atoms with Crippen LogP contribution in [0.4, 0.5) is 0 Å². The van der Waals surface area contributed by atoms with Crippen LogP contribution in [0.25, 0.3) is 0 Å². The van der Waals surface area contributed by atoms with Gasteiger partial charge in [-0.25, -0.2) is 4.98 Å². The second-order valence-electron chi connectivity index (χ2n) is 3.56. The Morgan fingerprint density at radius 1 is 1.77 bits per heavy atom. The van der Waals surface area contributed by atoms with Crippen LogP contribution in [-0.2, 0) is 5.41 Å². The zero-order valence-corrected chi connectivity index (χ0v) is 8.26. The number of aldehydes is 1. The van der Waals surface area contributed by atoms with Crippen LogP contribution in [0.3, 0.4) is 0 Å². The van der Waals surface area contributed by atoms with Crippen LogP contribution >= 0.6 is 11.8 Å². The van der Waals surface area contributed by atoms with Crippen LogP contribution in [0.2, 0.25) is 0 Å². The predicted octanol–water partition coefficient (Wildman–Crippen LogP) is 1.88. The molecule has 1 aromatic rings. The molecule has 2 rings (SSSR count). The van der Waals surface area contributed by atoms with Gasteiger partial charge in [-0.05, 0) is 12.2 Å². The molecule has 4 heteroatoms. The lowest BCUT2D eigenvalue weighted by atomic mass is 9.90. The van der Waals surface area contributed by atoms with Crippen LogP contribution in [0.15, 0.2) is 10.7 Å². The van der Waals surface area contributed by atoms with Gasteiger partial charge in [0.2, 0.25) is 5.89 Å². The first-order chi connectivity index (χ1) is 6.24. The van der Waals surface area contributed by atoms with Crippen molar-refractivity contribution in [1.29, 1.82) is 0 Å². The molecular formula is C9H11NO2S. The fourth-order valence-electron chi connectivity index (χ4n) is 1.45. The summed E-state index contributed by atoms with van der Waals surface area (Å²) in [6.45, 7) is 2.13. The molecule has 1 atom stereocenters. The third kappa shape index (κ3) is 1.50. The molecule has 70 valence electrons. The van der Waals surface area contributed by atoms with Crippen LogP contribution in [0.5, 0.6) is 0 Å². The molecule has 0 N–H and O–H groups in total. The van der Waals surface area contributed by atoms with Crippen molar-refractivity contribution in [3.8, 4) is 0 Å². The molecule has 13 heavy (non-hydrogen) atoms. The van der Waals surface area contributed by atoms with Gasteiger partial charge in [0, 0.05) is 5.75 Å². The van der Waals surface area contributed by atoms with Gasteiger partial charge in [0.1, 0.15) is 12.0 Å². The van der Waals surface area contributed by atoms with E-state index >= 15 is 0 Å². The maximum atomic E-state index is 10.4. The first kappa shape index (κ1) is 8.81. The van der Waals surface area contributed by atoms with Gasteiger partial charge in [-0.2, -0.15) is 11.8 Å². The van der Waals surface area contributed by atoms with Crippen molar-refractivity contribution in [3.63, 3.8) is 0 Å². The molecule has 0 spiro atoms. The lowest BCUT2D eigenvalue weighted by Gasteiger charge is -2.16. The highest BCUT2D eigenvalue weighted by Crippen LogP contribution is 2.37. The predicted molar refractivity (Wildman–Crippen MR) is 51.2 cm³/mol. The van der Waals surface area contributed by atoms with Gasteiger partial charge >= 0.3 is 0 Å². The van der Waals surface area contributed by atoms with E-state index < -0.39 is 0 Å². The quantitative estimate of drug-likeness (QED) is 0.679. The minimum absolute atomic E-state index is 0.0337. The van der Waals surface area contributed by atoms with E-state index in [1.54, 1.807) is 0 Å². The zero-order chi connectivity index (χ0) is 9.31. The third-order valence-electron chi connectivity index (χ3n) is 2.38. The fourth-order valence-corrected chi connectivity index (χ4v) is 2.91. The molecule has 0 amide bonds. The standard InChI is InChI=1S/C9H11NO2S/c1-9(2-3-13-6-9)8-10-7(4-11)5-12-8/h4-5H,2-3,6H2,1H3. The van der Waals surface area contributed by atoms with Crippen molar-refractivity contribution in [2.75, 3.05) is 11.5 Å². The van der Waals surface area contributed by atoms with Crippen molar-refractivity contribution in [2.45, 2.75) is 18.8 Å². The van der Waals surface area contributed by atoms with Crippen LogP contribution in [0.1, 0.15) is 29.7 Å². The highest BCUT2D eigenvalue weighted by atomic mass is 32.2. The van der Waals surface area contributed by atoms with E-state index in [0.29, 0.717) is 11.6 Å². The van der Waals surface area contributed by atoms with Gasteiger partial charge in [0.15, 0.2) is 6.29 Å². The van der Waals surface area contributed by atoms with Crippen molar-refractivity contribution >= 4 is 18.0 Å². The van der Waals surface area contributed by atoms with Gasteiger partial charge in [0.25, 0.3) is 0 Å².